The number of carbonyl (C=O) groups is 12. The summed E-state index contributed by atoms with van der Waals surface area (Å²) in [6.45, 7) is 0. The Morgan fingerprint density at radius 1 is 0.325 bits per heavy atom. The predicted octanol–water partition coefficient (Wildman–Crippen LogP) is -4.65. The van der Waals surface area contributed by atoms with Crippen LogP contribution >= 0.6 is 0 Å². The van der Waals surface area contributed by atoms with Crippen LogP contribution in [0, 0.1) is 0 Å². The summed E-state index contributed by atoms with van der Waals surface area (Å²) < 4.78 is 0. The highest BCUT2D eigenvalue weighted by molar-refractivity contribution is 6.33. The van der Waals surface area contributed by atoms with E-state index in [0.717, 1.165) is 0 Å². The maximum absolute atomic E-state index is 10.2. The smallest absolute Gasteiger partial charge is 0.372 e. The Labute approximate surface area is 221 Å². The van der Waals surface area contributed by atoms with Crippen molar-refractivity contribution in [3.63, 3.8) is 0 Å². The van der Waals surface area contributed by atoms with Crippen LogP contribution in [0.2, 0.25) is 0 Å². The number of hydrogen-bond donors (Lipinski definition) is 6. The molecule has 20 nitrogen and oxygen atoms in total. The van der Waals surface area contributed by atoms with E-state index in [2.05, 4.69) is 0 Å². The Morgan fingerprint density at radius 3 is 0.625 bits per heavy atom. The second-order valence-electron chi connectivity index (χ2n) is 6.45. The van der Waals surface area contributed by atoms with Gasteiger partial charge in [-0.3, -0.25) is 38.4 Å². The van der Waals surface area contributed by atoms with Gasteiger partial charge in [0.1, 0.15) is 11.9 Å². The van der Waals surface area contributed by atoms with Gasteiger partial charge in [0, 0.05) is 25.7 Å². The molecule has 0 aromatic heterocycles. The van der Waals surface area contributed by atoms with Gasteiger partial charge in [0.05, 0.1) is 25.7 Å². The number of ketones is 4. The van der Waals surface area contributed by atoms with Crippen molar-refractivity contribution in [2.75, 3.05) is 0 Å². The monoisotopic (exact) mass is 582 g/mol. The van der Waals surface area contributed by atoms with Crippen LogP contribution in [0.5, 0.6) is 0 Å². The first-order chi connectivity index (χ1) is 18.1. The Hall–Kier alpha value is -5.56. The van der Waals surface area contributed by atoms with Crippen molar-refractivity contribution in [3.05, 3.63) is 0 Å². The Bertz CT molecular complexity index is 844. The molecule has 0 radical (unpaired) electrons. The van der Waals surface area contributed by atoms with Crippen molar-refractivity contribution >= 4 is 70.9 Å². The van der Waals surface area contributed by atoms with Gasteiger partial charge >= 0.3 is 35.8 Å². The highest BCUT2D eigenvalue weighted by Crippen LogP contribution is 1.91. The second kappa shape index (κ2) is 23.8. The SMILES string of the molecule is O=C(O)CCC(=O)C(=O)O.O=C(O)CCC(=O)C(=O)O.O=C(O)CCC(=O)C(=O)[O-].O=C(O)CCC(=O)C(=O)[O-]. The molecule has 0 fully saturated rings. The molecular weight excluding hydrogens is 560 g/mol. The number of hydrogen-bond acceptors (Lipinski definition) is 14. The average Bonchev–Trinajstić information content (AvgIpc) is 2.83. The maximum Gasteiger partial charge on any atom is 0.372 e. The van der Waals surface area contributed by atoms with Gasteiger partial charge in [-0.25, -0.2) is 9.59 Å². The van der Waals surface area contributed by atoms with Crippen LogP contribution in [0.15, 0.2) is 0 Å². The number of aliphatic carboxylic acids is 8. The van der Waals surface area contributed by atoms with Gasteiger partial charge in [0.25, 0.3) is 0 Å². The molecule has 0 heterocycles. The lowest BCUT2D eigenvalue weighted by molar-refractivity contribution is -0.300. The van der Waals surface area contributed by atoms with Crippen LogP contribution in [-0.4, -0.2) is 102 Å². The lowest BCUT2D eigenvalue weighted by atomic mass is 10.2. The molecule has 6 N–H and O–H groups in total. The molecule has 0 saturated heterocycles. The fraction of sp³-hybridized carbons (Fsp3) is 0.400. The van der Waals surface area contributed by atoms with Crippen LogP contribution in [0.1, 0.15) is 51.4 Å². The predicted molar refractivity (Wildman–Crippen MR) is 113 cm³/mol. The summed E-state index contributed by atoms with van der Waals surface area (Å²) in [6.07, 6.45) is -3.67. The normalized spacial score (nSPS) is 8.80. The van der Waals surface area contributed by atoms with Gasteiger partial charge in [-0.05, 0) is 0 Å². The topological polar surface area (TPSA) is 372 Å². The summed E-state index contributed by atoms with van der Waals surface area (Å²) in [5.74, 6) is -16.1. The van der Waals surface area contributed by atoms with Gasteiger partial charge in [-0.15, -0.1) is 0 Å². The minimum Gasteiger partial charge on any atom is -0.542 e. The van der Waals surface area contributed by atoms with Crippen LogP contribution in [0.25, 0.3) is 0 Å². The van der Waals surface area contributed by atoms with Crippen LogP contribution in [0.3, 0.4) is 0 Å². The minimum atomic E-state index is -1.83. The molecule has 224 valence electrons. The molecule has 0 amide bonds. The van der Waals surface area contributed by atoms with Crippen molar-refractivity contribution in [1.29, 1.82) is 0 Å². The highest BCUT2D eigenvalue weighted by Gasteiger charge is 2.13. The van der Waals surface area contributed by atoms with Crippen molar-refractivity contribution in [3.8, 4) is 0 Å². The molecule has 0 rings (SSSR count). The Balaban J connectivity index is -0.000000216. The first kappa shape index (κ1) is 41.6. The van der Waals surface area contributed by atoms with E-state index in [1.165, 1.54) is 0 Å². The van der Waals surface area contributed by atoms with Crippen molar-refractivity contribution in [2.24, 2.45) is 0 Å². The summed E-state index contributed by atoms with van der Waals surface area (Å²) in [6, 6.07) is 0. The minimum absolute atomic E-state index is 0.425. The van der Waals surface area contributed by atoms with Crippen LogP contribution in [0.4, 0.5) is 0 Å². The molecule has 0 spiro atoms. The second-order valence-corrected chi connectivity index (χ2v) is 6.45. The lowest BCUT2D eigenvalue weighted by Crippen LogP contribution is -2.31. The van der Waals surface area contributed by atoms with Crippen LogP contribution < -0.4 is 10.2 Å². The third kappa shape index (κ3) is 34.6. The molecule has 0 atom stereocenters. The molecule has 0 bridgehead atoms. The third-order valence-electron chi connectivity index (χ3n) is 3.20. The quantitative estimate of drug-likeness (QED) is 0.0931. The molecule has 20 heteroatoms. The van der Waals surface area contributed by atoms with E-state index < -0.39 is 122 Å². The molecule has 0 aliphatic rings. The summed E-state index contributed by atoms with van der Waals surface area (Å²) in [7, 11) is 0. The van der Waals surface area contributed by atoms with E-state index in [0.29, 0.717) is 0 Å². The molecule has 0 aromatic carbocycles. The first-order valence-corrected chi connectivity index (χ1v) is 10.0. The van der Waals surface area contributed by atoms with E-state index in [4.69, 9.17) is 30.6 Å². The summed E-state index contributed by atoms with van der Waals surface area (Å²) in [5.41, 5.74) is 0. The van der Waals surface area contributed by atoms with E-state index in [-0.39, 0.29) is 0 Å². The molecule has 0 saturated carbocycles. The Kier molecular flexibility index (Phi) is 24.7. The van der Waals surface area contributed by atoms with E-state index in [1.807, 2.05) is 0 Å². The van der Waals surface area contributed by atoms with Gasteiger partial charge < -0.3 is 50.4 Å². The molecule has 40 heavy (non-hydrogen) atoms. The number of carboxylic acids is 8. The molecular formula is C20H22O20-2. The lowest BCUT2D eigenvalue weighted by Gasteiger charge is -1.96. The third-order valence-corrected chi connectivity index (χ3v) is 3.20. The summed E-state index contributed by atoms with van der Waals surface area (Å²) >= 11 is 0. The van der Waals surface area contributed by atoms with Gasteiger partial charge in [0.2, 0.25) is 11.6 Å². The number of carboxylic acid groups (broad SMARTS) is 8. The summed E-state index contributed by atoms with van der Waals surface area (Å²) in [4.78, 5) is 119. The van der Waals surface area contributed by atoms with Crippen molar-refractivity contribution < 1.29 is 98.4 Å². The zero-order chi connectivity index (χ0) is 32.6. The largest absolute Gasteiger partial charge is 0.542 e. The number of carbonyl (C=O) groups excluding carboxylic acids is 6. The molecule has 0 aromatic rings. The highest BCUT2D eigenvalue weighted by atomic mass is 16.4. The zero-order valence-electron chi connectivity index (χ0n) is 20.1. The zero-order valence-corrected chi connectivity index (χ0v) is 20.1. The Morgan fingerprint density at radius 2 is 0.500 bits per heavy atom. The first-order valence-electron chi connectivity index (χ1n) is 10.0. The van der Waals surface area contributed by atoms with Gasteiger partial charge in [-0.1, -0.05) is 0 Å². The molecule has 0 unspecified atom stereocenters. The number of rotatable bonds is 16. The van der Waals surface area contributed by atoms with Crippen LogP contribution in [-0.2, 0) is 57.5 Å². The van der Waals surface area contributed by atoms with Gasteiger partial charge in [0.15, 0.2) is 11.6 Å². The van der Waals surface area contributed by atoms with Gasteiger partial charge in [-0.2, -0.15) is 0 Å². The van der Waals surface area contributed by atoms with E-state index in [1.54, 1.807) is 0 Å². The van der Waals surface area contributed by atoms with E-state index >= 15 is 0 Å². The van der Waals surface area contributed by atoms with E-state index in [9.17, 15) is 67.7 Å². The standard InChI is InChI=1S/4C5H6O5/c4*6-3(5(9)10)1-2-4(7)8/h4*1-2H2,(H,7,8)(H,9,10)/p-2. The molecule has 0 aliphatic carbocycles. The fourth-order valence-corrected chi connectivity index (χ4v) is 1.30. The molecule has 0 aliphatic heterocycles. The summed E-state index contributed by atoms with van der Waals surface area (Å²) in [5, 5.41) is 67.2. The number of Topliss-reactive ketones (excluding diaryl/α,β-unsaturated/α-hetero) is 4. The van der Waals surface area contributed by atoms with Crippen molar-refractivity contribution in [1.82, 2.24) is 0 Å². The van der Waals surface area contributed by atoms with Crippen molar-refractivity contribution in [2.45, 2.75) is 51.4 Å². The average molecular weight is 582 g/mol. The fourth-order valence-electron chi connectivity index (χ4n) is 1.30. The maximum atomic E-state index is 10.2.